The van der Waals surface area contributed by atoms with Gasteiger partial charge in [-0.2, -0.15) is 0 Å². The van der Waals surface area contributed by atoms with Gasteiger partial charge in [-0.05, 0) is 53.9 Å². The molecule has 1 fully saturated rings. The first-order valence-corrected chi connectivity index (χ1v) is 12.1. The zero-order valence-electron chi connectivity index (χ0n) is 19.3. The van der Waals surface area contributed by atoms with Crippen molar-refractivity contribution in [2.75, 3.05) is 13.7 Å². The average Bonchev–Trinajstić information content (AvgIpc) is 3.40. The van der Waals surface area contributed by atoms with Crippen molar-refractivity contribution < 1.29 is 19.4 Å². The SMILES string of the molecule is COc1ccc2[nH]cc(CCN3C(=O)C(=O)/C(=C(\O)c4ccc(Cl)cc4Cl)C3c3ccccc3)c2c1. The molecule has 1 aliphatic heterocycles. The van der Waals surface area contributed by atoms with E-state index in [0.29, 0.717) is 17.0 Å². The van der Waals surface area contributed by atoms with Gasteiger partial charge in [0.1, 0.15) is 11.5 Å². The molecule has 3 aromatic carbocycles. The van der Waals surface area contributed by atoms with Crippen LogP contribution in [0.15, 0.2) is 78.5 Å². The number of ether oxygens (including phenoxy) is 1. The maximum atomic E-state index is 13.2. The molecule has 182 valence electrons. The molecule has 1 saturated heterocycles. The van der Waals surface area contributed by atoms with E-state index in [4.69, 9.17) is 27.9 Å². The Labute approximate surface area is 217 Å². The number of benzene rings is 3. The Bertz CT molecular complexity index is 1510. The minimum atomic E-state index is -0.766. The number of nitrogens with one attached hydrogen (secondary N) is 1. The molecular weight excluding hydrogens is 499 g/mol. The van der Waals surface area contributed by atoms with Crippen molar-refractivity contribution >= 4 is 51.6 Å². The molecular formula is C28H22Cl2N2O4. The number of aliphatic hydroxyl groups is 1. The van der Waals surface area contributed by atoms with Gasteiger partial charge in [-0.15, -0.1) is 0 Å². The smallest absolute Gasteiger partial charge is 0.295 e. The number of fused-ring (bicyclic) bond motifs is 1. The molecule has 0 saturated carbocycles. The molecule has 8 heteroatoms. The van der Waals surface area contributed by atoms with Crippen molar-refractivity contribution in [1.29, 1.82) is 0 Å². The number of rotatable bonds is 6. The maximum absolute atomic E-state index is 13.2. The molecule has 1 aliphatic rings. The first-order chi connectivity index (χ1) is 17.4. The molecule has 0 aliphatic carbocycles. The van der Waals surface area contributed by atoms with Crippen LogP contribution < -0.4 is 4.74 Å². The van der Waals surface area contributed by atoms with E-state index in [-0.39, 0.29) is 28.5 Å². The van der Waals surface area contributed by atoms with E-state index >= 15 is 0 Å². The van der Waals surface area contributed by atoms with Gasteiger partial charge < -0.3 is 19.7 Å². The third-order valence-corrected chi connectivity index (χ3v) is 6.99. The van der Waals surface area contributed by atoms with Gasteiger partial charge in [0.05, 0.1) is 23.7 Å². The predicted octanol–water partition coefficient (Wildman–Crippen LogP) is 6.15. The summed E-state index contributed by atoms with van der Waals surface area (Å²) >= 11 is 12.3. The van der Waals surface area contributed by atoms with Gasteiger partial charge in [0.2, 0.25) is 0 Å². The number of aromatic amines is 1. The molecule has 2 N–H and O–H groups in total. The minimum absolute atomic E-state index is 0.00369. The fourth-order valence-corrected chi connectivity index (χ4v) is 5.15. The van der Waals surface area contributed by atoms with Crippen molar-refractivity contribution in [3.8, 4) is 5.75 Å². The second kappa shape index (κ2) is 9.72. The summed E-state index contributed by atoms with van der Waals surface area (Å²) in [6.45, 7) is 0.263. The van der Waals surface area contributed by atoms with Gasteiger partial charge in [-0.1, -0.05) is 53.5 Å². The van der Waals surface area contributed by atoms with Crippen LogP contribution in [0.4, 0.5) is 0 Å². The number of carbonyl (C=O) groups excluding carboxylic acids is 2. The summed E-state index contributed by atoms with van der Waals surface area (Å²) in [7, 11) is 1.61. The molecule has 2 heterocycles. The molecule has 36 heavy (non-hydrogen) atoms. The van der Waals surface area contributed by atoms with Gasteiger partial charge in [0.25, 0.3) is 11.7 Å². The Morgan fingerprint density at radius 3 is 2.56 bits per heavy atom. The Hall–Kier alpha value is -3.74. The summed E-state index contributed by atoms with van der Waals surface area (Å²) < 4.78 is 5.35. The molecule has 1 unspecified atom stereocenters. The van der Waals surface area contributed by atoms with Crippen LogP contribution in [0, 0.1) is 0 Å². The highest BCUT2D eigenvalue weighted by Gasteiger charge is 2.46. The molecule has 0 radical (unpaired) electrons. The van der Waals surface area contributed by atoms with E-state index in [1.54, 1.807) is 13.2 Å². The highest BCUT2D eigenvalue weighted by molar-refractivity contribution is 6.47. The number of H-pyrrole nitrogens is 1. The molecule has 5 rings (SSSR count). The van der Waals surface area contributed by atoms with Crippen molar-refractivity contribution in [2.45, 2.75) is 12.5 Å². The summed E-state index contributed by atoms with van der Waals surface area (Å²) in [6.07, 6.45) is 2.39. The van der Waals surface area contributed by atoms with Gasteiger partial charge in [-0.25, -0.2) is 0 Å². The standard InChI is InChI=1S/C28H22Cl2N2O4/c1-36-19-8-10-23-21(14-19)17(15-31-23)11-12-32-25(16-5-3-2-4-6-16)24(27(34)28(32)35)26(33)20-9-7-18(29)13-22(20)30/h2-10,13-15,25,31,33H,11-12H2,1H3/b26-24-. The van der Waals surface area contributed by atoms with Crippen LogP contribution in [0.2, 0.25) is 10.0 Å². The third-order valence-electron chi connectivity index (χ3n) is 6.44. The van der Waals surface area contributed by atoms with Crippen molar-refractivity contribution in [3.63, 3.8) is 0 Å². The number of aliphatic hydroxyl groups excluding tert-OH is 1. The summed E-state index contributed by atoms with van der Waals surface area (Å²) in [5, 5.41) is 12.8. The quantitative estimate of drug-likeness (QED) is 0.181. The number of ketones is 1. The number of Topliss-reactive ketones (excluding diaryl/α,β-unsaturated/α-hetero) is 1. The number of carbonyl (C=O) groups is 2. The normalized spacial score (nSPS) is 17.2. The largest absolute Gasteiger partial charge is 0.507 e. The number of halogens is 2. The second-order valence-electron chi connectivity index (χ2n) is 8.50. The zero-order chi connectivity index (χ0) is 25.4. The van der Waals surface area contributed by atoms with Gasteiger partial charge >= 0.3 is 0 Å². The zero-order valence-corrected chi connectivity index (χ0v) is 20.8. The van der Waals surface area contributed by atoms with Crippen LogP contribution in [-0.4, -0.2) is 40.3 Å². The molecule has 1 amide bonds. The number of likely N-dealkylation sites (tertiary alicyclic amines) is 1. The lowest BCUT2D eigenvalue weighted by Crippen LogP contribution is -2.31. The lowest BCUT2D eigenvalue weighted by molar-refractivity contribution is -0.139. The van der Waals surface area contributed by atoms with Crippen molar-refractivity contribution in [2.24, 2.45) is 0 Å². The summed E-state index contributed by atoms with van der Waals surface area (Å²) in [5.41, 5.74) is 2.88. The number of hydrogen-bond acceptors (Lipinski definition) is 4. The second-order valence-corrected chi connectivity index (χ2v) is 9.35. The first-order valence-electron chi connectivity index (χ1n) is 11.3. The average molecular weight is 521 g/mol. The van der Waals surface area contributed by atoms with Crippen LogP contribution in [-0.2, 0) is 16.0 Å². The molecule has 0 bridgehead atoms. The molecule has 0 spiro atoms. The van der Waals surface area contributed by atoms with E-state index in [0.717, 1.165) is 22.2 Å². The fourth-order valence-electron chi connectivity index (χ4n) is 4.65. The molecule has 1 aromatic heterocycles. The highest BCUT2D eigenvalue weighted by atomic mass is 35.5. The van der Waals surface area contributed by atoms with Gasteiger partial charge in [0.15, 0.2) is 0 Å². The number of hydrogen-bond donors (Lipinski definition) is 2. The Morgan fingerprint density at radius 1 is 1.06 bits per heavy atom. The summed E-state index contributed by atoms with van der Waals surface area (Å²) in [5.74, 6) is -1.03. The Morgan fingerprint density at radius 2 is 1.83 bits per heavy atom. The minimum Gasteiger partial charge on any atom is -0.507 e. The van der Waals surface area contributed by atoms with Crippen LogP contribution in [0.1, 0.15) is 22.7 Å². The van der Waals surface area contributed by atoms with Crippen LogP contribution in [0.25, 0.3) is 16.7 Å². The number of methoxy groups -OCH3 is 1. The highest BCUT2D eigenvalue weighted by Crippen LogP contribution is 2.41. The van der Waals surface area contributed by atoms with Crippen molar-refractivity contribution in [3.05, 3.63) is 105 Å². The molecule has 4 aromatic rings. The van der Waals surface area contributed by atoms with Crippen LogP contribution >= 0.6 is 23.2 Å². The van der Waals surface area contributed by atoms with Gasteiger partial charge in [-0.3, -0.25) is 9.59 Å². The van der Waals surface area contributed by atoms with E-state index in [9.17, 15) is 14.7 Å². The summed E-state index contributed by atoms with van der Waals surface area (Å²) in [6, 6.07) is 18.7. The van der Waals surface area contributed by atoms with Crippen LogP contribution in [0.3, 0.4) is 0 Å². The predicted molar refractivity (Wildman–Crippen MR) is 140 cm³/mol. The number of nitrogens with zero attached hydrogens (tertiary/aromatic N) is 1. The topological polar surface area (TPSA) is 82.6 Å². The summed E-state index contributed by atoms with van der Waals surface area (Å²) in [4.78, 5) is 31.2. The third kappa shape index (κ3) is 4.23. The molecule has 1 atom stereocenters. The van der Waals surface area contributed by atoms with E-state index in [2.05, 4.69) is 4.98 Å². The van der Waals surface area contributed by atoms with E-state index in [1.807, 2.05) is 54.7 Å². The van der Waals surface area contributed by atoms with E-state index < -0.39 is 17.7 Å². The Balaban J connectivity index is 1.56. The Kier molecular flexibility index (Phi) is 6.48. The number of aromatic nitrogens is 1. The van der Waals surface area contributed by atoms with Crippen LogP contribution in [0.5, 0.6) is 5.75 Å². The number of amides is 1. The lowest BCUT2D eigenvalue weighted by Gasteiger charge is -2.25. The van der Waals surface area contributed by atoms with Gasteiger partial charge in [0, 0.05) is 34.2 Å². The van der Waals surface area contributed by atoms with E-state index in [1.165, 1.54) is 17.0 Å². The monoisotopic (exact) mass is 520 g/mol. The van der Waals surface area contributed by atoms with Crippen molar-refractivity contribution in [1.82, 2.24) is 9.88 Å². The first kappa shape index (κ1) is 24.0. The molecule has 6 nitrogen and oxygen atoms in total. The fraction of sp³-hybridized carbons (Fsp3) is 0.143. The maximum Gasteiger partial charge on any atom is 0.295 e. The lowest BCUT2D eigenvalue weighted by atomic mass is 9.95.